The highest BCUT2D eigenvalue weighted by molar-refractivity contribution is 5.35. The number of aromatic amines is 1. The molecule has 0 fully saturated rings. The summed E-state index contributed by atoms with van der Waals surface area (Å²) in [5, 5.41) is 6.32. The summed E-state index contributed by atoms with van der Waals surface area (Å²) in [5.74, 6) is -0.584. The maximum absolute atomic E-state index is 13.5. The number of halogens is 7. The molecule has 5 nitrogen and oxygen atoms in total. The number of nitrogens with one attached hydrogen (secondary N) is 1. The Bertz CT molecular complexity index is 1210. The molecule has 1 aromatic heterocycles. The molecule has 0 spiro atoms. The molecule has 1 N–H and O–H groups in total. The van der Waals surface area contributed by atoms with E-state index in [9.17, 15) is 35.5 Å². The van der Waals surface area contributed by atoms with Crippen LogP contribution in [0.1, 0.15) is 53.4 Å². The third-order valence-corrected chi connectivity index (χ3v) is 6.07. The summed E-state index contributed by atoms with van der Waals surface area (Å²) >= 11 is 0. The first-order valence-electron chi connectivity index (χ1n) is 10.7. The first-order valence-corrected chi connectivity index (χ1v) is 10.7. The quantitative estimate of drug-likeness (QED) is 0.470. The zero-order valence-electron chi connectivity index (χ0n) is 18.3. The van der Waals surface area contributed by atoms with Gasteiger partial charge in [-0.2, -0.15) is 31.4 Å². The molecule has 3 aromatic rings. The van der Waals surface area contributed by atoms with Crippen molar-refractivity contribution in [2.24, 2.45) is 0 Å². The fraction of sp³-hybridized carbons (Fsp3) is 0.391. The molecule has 4 rings (SSSR count). The average Bonchev–Trinajstić information content (AvgIpc) is 3.02. The molecule has 1 aliphatic rings. The number of fused-ring (bicyclic) bond motifs is 1. The second-order valence-corrected chi connectivity index (χ2v) is 8.41. The van der Waals surface area contributed by atoms with Crippen LogP contribution in [0.4, 0.5) is 30.7 Å². The molecule has 0 unspecified atom stereocenters. The topological polar surface area (TPSA) is 59.9 Å². The Morgan fingerprint density at radius 1 is 1.03 bits per heavy atom. The van der Waals surface area contributed by atoms with E-state index in [0.717, 1.165) is 0 Å². The van der Waals surface area contributed by atoms with Crippen LogP contribution in [0.5, 0.6) is 0 Å². The van der Waals surface area contributed by atoms with Gasteiger partial charge in [0.2, 0.25) is 0 Å². The predicted octanol–water partition coefficient (Wildman–Crippen LogP) is 5.62. The van der Waals surface area contributed by atoms with Gasteiger partial charge in [0.15, 0.2) is 0 Å². The Morgan fingerprint density at radius 2 is 1.63 bits per heavy atom. The van der Waals surface area contributed by atoms with Crippen LogP contribution in [0.25, 0.3) is 0 Å². The van der Waals surface area contributed by atoms with Crippen molar-refractivity contribution < 1.29 is 35.5 Å². The molecule has 2 heterocycles. The van der Waals surface area contributed by atoms with Crippen molar-refractivity contribution >= 4 is 0 Å². The van der Waals surface area contributed by atoms with E-state index in [-0.39, 0.29) is 31.0 Å². The maximum atomic E-state index is 13.5. The van der Waals surface area contributed by atoms with Gasteiger partial charge in [-0.15, -0.1) is 0 Å². The van der Waals surface area contributed by atoms with Crippen molar-refractivity contribution in [2.45, 2.75) is 56.8 Å². The highest BCUT2D eigenvalue weighted by Gasteiger charge is 2.38. The molecule has 0 amide bonds. The lowest BCUT2D eigenvalue weighted by Gasteiger charge is -2.29. The molecule has 0 saturated carbocycles. The summed E-state index contributed by atoms with van der Waals surface area (Å²) in [6.07, 6.45) is -11.3. The van der Waals surface area contributed by atoms with E-state index in [0.29, 0.717) is 23.5 Å². The standard InChI is InChI=1S/C23H20F7N3O2/c1-12(14-8-15(22(25,26)27)10-16(9-14)23(28,29)30)35-19-6-7-20-31-32-21(34)33(20)11-18(19)13-2-4-17(24)5-3-13/h2-5,8-10,12,18-19H,6-7,11H2,1H3,(H,32,34)/t12-,18-,19+/m1/s1. The fourth-order valence-electron chi connectivity index (χ4n) is 4.26. The summed E-state index contributed by atoms with van der Waals surface area (Å²) < 4.78 is 101. The van der Waals surface area contributed by atoms with Crippen molar-refractivity contribution in [1.82, 2.24) is 14.8 Å². The molecule has 1 aliphatic heterocycles. The molecule has 0 radical (unpaired) electrons. The zero-order valence-corrected chi connectivity index (χ0v) is 18.3. The lowest BCUT2D eigenvalue weighted by atomic mass is 9.91. The van der Waals surface area contributed by atoms with E-state index in [1.807, 2.05) is 0 Å². The third kappa shape index (κ3) is 5.42. The van der Waals surface area contributed by atoms with E-state index in [4.69, 9.17) is 4.74 Å². The van der Waals surface area contributed by atoms with Crippen LogP contribution in [0.3, 0.4) is 0 Å². The van der Waals surface area contributed by atoms with E-state index >= 15 is 0 Å². The van der Waals surface area contributed by atoms with Gasteiger partial charge in [0.1, 0.15) is 11.6 Å². The average molecular weight is 503 g/mol. The molecule has 12 heteroatoms. The molecular weight excluding hydrogens is 483 g/mol. The minimum atomic E-state index is -4.98. The Morgan fingerprint density at radius 3 is 2.20 bits per heavy atom. The lowest BCUT2D eigenvalue weighted by Crippen LogP contribution is -2.29. The van der Waals surface area contributed by atoms with Crippen LogP contribution in [-0.2, 0) is 30.1 Å². The van der Waals surface area contributed by atoms with Gasteiger partial charge in [0.05, 0.1) is 23.3 Å². The minimum absolute atomic E-state index is 0.0639. The Kier molecular flexibility index (Phi) is 6.52. The Labute approximate surface area is 194 Å². The zero-order chi connectivity index (χ0) is 25.5. The molecular formula is C23H20F7N3O2. The molecule has 0 saturated heterocycles. The van der Waals surface area contributed by atoms with Crippen molar-refractivity contribution in [2.75, 3.05) is 0 Å². The SMILES string of the molecule is C[C@@H](O[C@H]1CCc2n[nH]c(=O)n2C[C@@H]1c1ccc(F)cc1)c1cc(C(F)(F)F)cc(C(F)(F)F)c1. The smallest absolute Gasteiger partial charge is 0.370 e. The number of H-pyrrole nitrogens is 1. The molecule has 0 bridgehead atoms. The number of rotatable bonds is 4. The summed E-state index contributed by atoms with van der Waals surface area (Å²) in [5.41, 5.74) is -3.01. The third-order valence-electron chi connectivity index (χ3n) is 6.07. The minimum Gasteiger partial charge on any atom is -0.370 e. The number of aromatic nitrogens is 3. The molecule has 0 aliphatic carbocycles. The van der Waals surface area contributed by atoms with Gasteiger partial charge in [-0.05, 0) is 54.8 Å². The van der Waals surface area contributed by atoms with Crippen molar-refractivity contribution in [3.05, 3.63) is 86.8 Å². The van der Waals surface area contributed by atoms with E-state index in [1.165, 1.54) is 35.8 Å². The van der Waals surface area contributed by atoms with Gasteiger partial charge in [0.25, 0.3) is 0 Å². The number of nitrogens with zero attached hydrogens (tertiary/aromatic N) is 2. The lowest BCUT2D eigenvalue weighted by molar-refractivity contribution is -0.143. The van der Waals surface area contributed by atoms with Gasteiger partial charge in [-0.3, -0.25) is 4.57 Å². The predicted molar refractivity (Wildman–Crippen MR) is 110 cm³/mol. The van der Waals surface area contributed by atoms with Crippen LogP contribution >= 0.6 is 0 Å². The second kappa shape index (κ2) is 9.14. The Balaban J connectivity index is 1.69. The largest absolute Gasteiger partial charge is 0.416 e. The first kappa shape index (κ1) is 25.0. The number of alkyl halides is 6. The van der Waals surface area contributed by atoms with E-state index in [2.05, 4.69) is 10.2 Å². The molecule has 188 valence electrons. The van der Waals surface area contributed by atoms with Crippen molar-refractivity contribution in [1.29, 1.82) is 0 Å². The van der Waals surface area contributed by atoms with E-state index in [1.54, 1.807) is 0 Å². The molecule has 3 atom stereocenters. The monoisotopic (exact) mass is 503 g/mol. The normalized spacial score (nSPS) is 19.8. The van der Waals surface area contributed by atoms with Crippen LogP contribution in [0.2, 0.25) is 0 Å². The van der Waals surface area contributed by atoms with Crippen LogP contribution in [0.15, 0.2) is 47.3 Å². The second-order valence-electron chi connectivity index (χ2n) is 8.41. The summed E-state index contributed by atoms with van der Waals surface area (Å²) in [6.45, 7) is 1.46. The van der Waals surface area contributed by atoms with Crippen LogP contribution < -0.4 is 5.69 Å². The number of hydrogen-bond donors (Lipinski definition) is 1. The van der Waals surface area contributed by atoms with Crippen molar-refractivity contribution in [3.8, 4) is 0 Å². The van der Waals surface area contributed by atoms with Gasteiger partial charge in [-0.1, -0.05) is 12.1 Å². The van der Waals surface area contributed by atoms with Crippen LogP contribution in [-0.4, -0.2) is 20.9 Å². The maximum Gasteiger partial charge on any atom is 0.416 e. The number of ether oxygens (including phenoxy) is 1. The summed E-state index contributed by atoms with van der Waals surface area (Å²) in [7, 11) is 0. The van der Waals surface area contributed by atoms with Gasteiger partial charge in [0, 0.05) is 18.9 Å². The Hall–Kier alpha value is -3.15. The van der Waals surface area contributed by atoms with E-state index < -0.39 is 53.1 Å². The number of benzene rings is 2. The highest BCUT2D eigenvalue weighted by atomic mass is 19.4. The summed E-state index contributed by atoms with van der Waals surface area (Å²) in [4.78, 5) is 12.2. The molecule has 2 aromatic carbocycles. The summed E-state index contributed by atoms with van der Waals surface area (Å²) in [6, 6.07) is 6.80. The van der Waals surface area contributed by atoms with Crippen molar-refractivity contribution in [3.63, 3.8) is 0 Å². The van der Waals surface area contributed by atoms with Crippen LogP contribution in [0, 0.1) is 5.82 Å². The highest BCUT2D eigenvalue weighted by Crippen LogP contribution is 2.39. The molecule has 35 heavy (non-hydrogen) atoms. The van der Waals surface area contributed by atoms with Gasteiger partial charge in [-0.25, -0.2) is 14.3 Å². The van der Waals surface area contributed by atoms with Gasteiger partial charge >= 0.3 is 18.0 Å². The van der Waals surface area contributed by atoms with Gasteiger partial charge < -0.3 is 4.74 Å². The number of aryl methyl sites for hydroxylation is 1. The first-order chi connectivity index (χ1) is 16.3. The number of hydrogen-bond acceptors (Lipinski definition) is 3. The fourth-order valence-corrected chi connectivity index (χ4v) is 4.26.